The number of thioether (sulfide) groups is 1. The molecule has 104 valence electrons. The Bertz CT molecular complexity index is 602. The Kier molecular flexibility index (Phi) is 4.57. The van der Waals surface area contributed by atoms with Crippen LogP contribution >= 0.6 is 11.8 Å². The molecule has 0 amide bonds. The van der Waals surface area contributed by atoms with Crippen LogP contribution in [0.2, 0.25) is 0 Å². The Labute approximate surface area is 121 Å². The number of carbonyl (C=O) groups is 1. The molecule has 2 aromatic rings. The van der Waals surface area contributed by atoms with Gasteiger partial charge in [0.25, 0.3) is 0 Å². The molecule has 0 aliphatic carbocycles. The van der Waals surface area contributed by atoms with Crippen LogP contribution in [0.4, 0.5) is 5.82 Å². The van der Waals surface area contributed by atoms with Gasteiger partial charge in [0.15, 0.2) is 5.82 Å². The van der Waals surface area contributed by atoms with Crippen LogP contribution in [0, 0.1) is 0 Å². The molecule has 2 rings (SSSR count). The number of anilines is 1. The topological polar surface area (TPSA) is 89.1 Å². The highest BCUT2D eigenvalue weighted by Crippen LogP contribution is 2.25. The van der Waals surface area contributed by atoms with Crippen LogP contribution in [0.25, 0.3) is 0 Å². The van der Waals surface area contributed by atoms with Crippen LogP contribution in [-0.2, 0) is 10.5 Å². The Morgan fingerprint density at radius 1 is 1.30 bits per heavy atom. The van der Waals surface area contributed by atoms with Gasteiger partial charge in [-0.1, -0.05) is 36.0 Å². The molecule has 1 atom stereocenters. The fraction of sp³-hybridized carbons (Fsp3) is 0.214. The Morgan fingerprint density at radius 2 is 1.95 bits per heavy atom. The third-order valence-electron chi connectivity index (χ3n) is 2.92. The Morgan fingerprint density at radius 3 is 2.55 bits per heavy atom. The molecule has 1 aromatic carbocycles. The van der Waals surface area contributed by atoms with Crippen molar-refractivity contribution >= 4 is 23.5 Å². The molecule has 0 aliphatic rings. The van der Waals surface area contributed by atoms with Crippen molar-refractivity contribution in [1.82, 2.24) is 9.97 Å². The first-order chi connectivity index (χ1) is 9.58. The zero-order chi connectivity index (χ0) is 14.5. The first-order valence-corrected chi connectivity index (χ1v) is 7.07. The lowest BCUT2D eigenvalue weighted by molar-refractivity contribution is -0.138. The lowest BCUT2D eigenvalue weighted by Gasteiger charge is -2.08. The molecule has 6 heteroatoms. The second kappa shape index (κ2) is 6.38. The minimum absolute atomic E-state index is 0.425. The molecule has 3 N–H and O–H groups in total. The molecule has 1 unspecified atom stereocenters. The first-order valence-electron chi connectivity index (χ1n) is 6.09. The molecule has 0 aliphatic heterocycles. The van der Waals surface area contributed by atoms with Gasteiger partial charge in [0.1, 0.15) is 5.03 Å². The highest BCUT2D eigenvalue weighted by Gasteiger charge is 2.13. The van der Waals surface area contributed by atoms with Gasteiger partial charge in [0.05, 0.1) is 5.92 Å². The minimum Gasteiger partial charge on any atom is -0.481 e. The highest BCUT2D eigenvalue weighted by atomic mass is 32.2. The van der Waals surface area contributed by atoms with Gasteiger partial charge in [-0.25, -0.2) is 9.97 Å². The van der Waals surface area contributed by atoms with Crippen molar-refractivity contribution < 1.29 is 9.90 Å². The number of aliphatic carboxylic acids is 1. The Hall–Kier alpha value is -2.08. The van der Waals surface area contributed by atoms with Crippen LogP contribution in [0.1, 0.15) is 24.0 Å². The molecule has 20 heavy (non-hydrogen) atoms. The summed E-state index contributed by atoms with van der Waals surface area (Å²) < 4.78 is 0. The normalized spacial score (nSPS) is 12.1. The standard InChI is InChI=1S/C14H15N3O2S/c1-9(14(18)19)11-4-2-10(3-5-11)8-20-13-12(15)16-6-7-17-13/h2-7,9H,8H2,1H3,(H2,15,16)(H,18,19). The number of carboxylic acids is 1. The fourth-order valence-electron chi connectivity index (χ4n) is 1.64. The van der Waals surface area contributed by atoms with Gasteiger partial charge in [-0.3, -0.25) is 4.79 Å². The van der Waals surface area contributed by atoms with Crippen LogP contribution in [0.15, 0.2) is 41.7 Å². The molecule has 0 bridgehead atoms. The monoisotopic (exact) mass is 289 g/mol. The maximum atomic E-state index is 10.9. The molecule has 0 saturated carbocycles. The second-order valence-electron chi connectivity index (χ2n) is 4.34. The highest BCUT2D eigenvalue weighted by molar-refractivity contribution is 7.98. The lowest BCUT2D eigenvalue weighted by atomic mass is 10.0. The van der Waals surface area contributed by atoms with E-state index in [4.69, 9.17) is 10.8 Å². The number of benzene rings is 1. The minimum atomic E-state index is -0.820. The number of nitrogens with zero attached hydrogens (tertiary/aromatic N) is 2. The number of aromatic nitrogens is 2. The van der Waals surface area contributed by atoms with E-state index in [0.717, 1.165) is 11.1 Å². The van der Waals surface area contributed by atoms with E-state index >= 15 is 0 Å². The summed E-state index contributed by atoms with van der Waals surface area (Å²) in [5.41, 5.74) is 7.60. The smallest absolute Gasteiger partial charge is 0.310 e. The zero-order valence-corrected chi connectivity index (χ0v) is 11.8. The fourth-order valence-corrected chi connectivity index (χ4v) is 2.48. The van der Waals surface area contributed by atoms with Gasteiger partial charge in [-0.05, 0) is 18.1 Å². The predicted molar refractivity (Wildman–Crippen MR) is 78.5 cm³/mol. The van der Waals surface area contributed by atoms with Crippen molar-refractivity contribution in [2.24, 2.45) is 0 Å². The molecule has 1 heterocycles. The van der Waals surface area contributed by atoms with Gasteiger partial charge >= 0.3 is 5.97 Å². The molecular weight excluding hydrogens is 274 g/mol. The van der Waals surface area contributed by atoms with E-state index in [1.807, 2.05) is 24.3 Å². The summed E-state index contributed by atoms with van der Waals surface area (Å²) >= 11 is 1.51. The Balaban J connectivity index is 2.01. The number of hydrogen-bond donors (Lipinski definition) is 2. The molecule has 5 nitrogen and oxygen atoms in total. The molecular formula is C14H15N3O2S. The van der Waals surface area contributed by atoms with Crippen molar-refractivity contribution in [3.05, 3.63) is 47.8 Å². The maximum absolute atomic E-state index is 10.9. The summed E-state index contributed by atoms with van der Waals surface area (Å²) in [6.07, 6.45) is 3.16. The van der Waals surface area contributed by atoms with Crippen LogP contribution < -0.4 is 5.73 Å². The average Bonchev–Trinajstić information content (AvgIpc) is 2.46. The van der Waals surface area contributed by atoms with Gasteiger partial charge in [0, 0.05) is 18.1 Å². The number of carboxylic acid groups (broad SMARTS) is 1. The zero-order valence-electron chi connectivity index (χ0n) is 11.0. The van der Waals surface area contributed by atoms with E-state index in [9.17, 15) is 4.79 Å². The van der Waals surface area contributed by atoms with E-state index < -0.39 is 11.9 Å². The lowest BCUT2D eigenvalue weighted by Crippen LogP contribution is -2.07. The number of hydrogen-bond acceptors (Lipinski definition) is 5. The van der Waals surface area contributed by atoms with Gasteiger partial charge in [0.2, 0.25) is 0 Å². The van der Waals surface area contributed by atoms with Crippen molar-refractivity contribution in [2.45, 2.75) is 23.6 Å². The van der Waals surface area contributed by atoms with Crippen LogP contribution in [-0.4, -0.2) is 21.0 Å². The van der Waals surface area contributed by atoms with Gasteiger partial charge < -0.3 is 10.8 Å². The largest absolute Gasteiger partial charge is 0.481 e. The van der Waals surface area contributed by atoms with E-state index in [0.29, 0.717) is 16.6 Å². The molecule has 0 spiro atoms. The van der Waals surface area contributed by atoms with E-state index in [1.165, 1.54) is 11.8 Å². The van der Waals surface area contributed by atoms with Gasteiger partial charge in [-0.15, -0.1) is 0 Å². The van der Waals surface area contributed by atoms with Crippen molar-refractivity contribution in [3.63, 3.8) is 0 Å². The van der Waals surface area contributed by atoms with Crippen LogP contribution in [0.5, 0.6) is 0 Å². The maximum Gasteiger partial charge on any atom is 0.310 e. The summed E-state index contributed by atoms with van der Waals surface area (Å²) in [5.74, 6) is -0.176. The first kappa shape index (κ1) is 14.3. The number of nitrogen functional groups attached to an aromatic ring is 1. The summed E-state index contributed by atoms with van der Waals surface area (Å²) in [7, 11) is 0. The predicted octanol–water partition coefficient (Wildman–Crippen LogP) is 2.54. The summed E-state index contributed by atoms with van der Waals surface area (Å²) in [6, 6.07) is 7.53. The molecule has 1 aromatic heterocycles. The SMILES string of the molecule is CC(C(=O)O)c1ccc(CSc2nccnc2N)cc1. The molecule has 0 saturated heterocycles. The quantitative estimate of drug-likeness (QED) is 0.822. The molecule has 0 radical (unpaired) electrons. The number of rotatable bonds is 5. The van der Waals surface area contributed by atoms with Crippen molar-refractivity contribution in [1.29, 1.82) is 0 Å². The second-order valence-corrected chi connectivity index (χ2v) is 5.30. The van der Waals surface area contributed by atoms with E-state index in [-0.39, 0.29) is 0 Å². The number of nitrogens with two attached hydrogens (primary N) is 1. The average molecular weight is 289 g/mol. The summed E-state index contributed by atoms with van der Waals surface area (Å²) in [5, 5.41) is 9.66. The van der Waals surface area contributed by atoms with Crippen molar-refractivity contribution in [3.8, 4) is 0 Å². The van der Waals surface area contributed by atoms with Gasteiger partial charge in [-0.2, -0.15) is 0 Å². The molecule has 0 fully saturated rings. The van der Waals surface area contributed by atoms with Crippen LogP contribution in [0.3, 0.4) is 0 Å². The third-order valence-corrected chi connectivity index (χ3v) is 3.98. The summed E-state index contributed by atoms with van der Waals surface area (Å²) in [6.45, 7) is 1.67. The van der Waals surface area contributed by atoms with E-state index in [1.54, 1.807) is 19.3 Å². The van der Waals surface area contributed by atoms with E-state index in [2.05, 4.69) is 9.97 Å². The third kappa shape index (κ3) is 3.48. The van der Waals surface area contributed by atoms with Crippen molar-refractivity contribution in [2.75, 3.05) is 5.73 Å². The summed E-state index contributed by atoms with van der Waals surface area (Å²) in [4.78, 5) is 19.0.